The average Bonchev–Trinajstić information content (AvgIpc) is 2.80. The predicted molar refractivity (Wildman–Crippen MR) is 64.0 cm³/mol. The van der Waals surface area contributed by atoms with Crippen LogP contribution in [0.15, 0.2) is 22.8 Å². The Morgan fingerprint density at radius 1 is 1.28 bits per heavy atom. The molecular formula is C14H16O4. The third-order valence-corrected chi connectivity index (χ3v) is 3.34. The summed E-state index contributed by atoms with van der Waals surface area (Å²) in [5.41, 5.74) is 0. The zero-order chi connectivity index (χ0) is 13.3. The van der Waals surface area contributed by atoms with E-state index >= 15 is 0 Å². The van der Waals surface area contributed by atoms with Crippen LogP contribution in [0.25, 0.3) is 0 Å². The summed E-state index contributed by atoms with van der Waals surface area (Å²) >= 11 is 0. The average molecular weight is 248 g/mol. The zero-order valence-electron chi connectivity index (χ0n) is 10.5. The van der Waals surface area contributed by atoms with E-state index in [-0.39, 0.29) is 42.0 Å². The first-order valence-electron chi connectivity index (χ1n) is 6.13. The highest BCUT2D eigenvalue weighted by molar-refractivity contribution is 6.21. The summed E-state index contributed by atoms with van der Waals surface area (Å²) in [7, 11) is 0. The molecule has 0 radical (unpaired) electrons. The topological polar surface area (TPSA) is 64.3 Å². The second kappa shape index (κ2) is 4.88. The molecule has 0 amide bonds. The van der Waals surface area contributed by atoms with Crippen LogP contribution in [0, 0.1) is 11.8 Å². The molecule has 0 spiro atoms. The number of hydrogen-bond acceptors (Lipinski definition) is 4. The van der Waals surface area contributed by atoms with Gasteiger partial charge in [0.1, 0.15) is 11.7 Å². The van der Waals surface area contributed by atoms with Crippen LogP contribution >= 0.6 is 0 Å². The fourth-order valence-electron chi connectivity index (χ4n) is 2.35. The fourth-order valence-corrected chi connectivity index (χ4v) is 2.35. The van der Waals surface area contributed by atoms with Crippen molar-refractivity contribution in [3.8, 4) is 0 Å². The molecule has 0 aliphatic heterocycles. The van der Waals surface area contributed by atoms with Crippen molar-refractivity contribution in [2.75, 3.05) is 0 Å². The van der Waals surface area contributed by atoms with Gasteiger partial charge < -0.3 is 4.42 Å². The van der Waals surface area contributed by atoms with E-state index in [0.717, 1.165) is 0 Å². The Kier molecular flexibility index (Phi) is 3.45. The Morgan fingerprint density at radius 3 is 2.33 bits per heavy atom. The Morgan fingerprint density at radius 2 is 1.89 bits per heavy atom. The molecular weight excluding hydrogens is 232 g/mol. The Labute approximate surface area is 105 Å². The van der Waals surface area contributed by atoms with Crippen LogP contribution in [0.5, 0.6) is 0 Å². The maximum Gasteiger partial charge on any atom is 0.153 e. The van der Waals surface area contributed by atoms with Crippen molar-refractivity contribution < 1.29 is 18.8 Å². The van der Waals surface area contributed by atoms with E-state index < -0.39 is 5.92 Å². The molecule has 1 fully saturated rings. The lowest BCUT2D eigenvalue weighted by Crippen LogP contribution is -2.39. The molecule has 1 aliphatic carbocycles. The second-order valence-corrected chi connectivity index (χ2v) is 5.04. The van der Waals surface area contributed by atoms with Gasteiger partial charge in [0.15, 0.2) is 17.3 Å². The molecule has 0 aromatic carbocycles. The first-order chi connectivity index (χ1) is 8.50. The molecule has 1 saturated carbocycles. The van der Waals surface area contributed by atoms with E-state index in [4.69, 9.17) is 4.42 Å². The van der Waals surface area contributed by atoms with Crippen LogP contribution in [0.4, 0.5) is 0 Å². The van der Waals surface area contributed by atoms with Gasteiger partial charge in [-0.05, 0) is 12.1 Å². The molecule has 2 rings (SSSR count). The normalized spacial score (nSPS) is 24.6. The lowest BCUT2D eigenvalue weighted by Gasteiger charge is -2.25. The molecule has 0 atom stereocenters. The summed E-state index contributed by atoms with van der Waals surface area (Å²) in [5.74, 6) is -1.71. The summed E-state index contributed by atoms with van der Waals surface area (Å²) in [6.45, 7) is 3.42. The van der Waals surface area contributed by atoms with Gasteiger partial charge in [-0.1, -0.05) is 13.8 Å². The first-order valence-corrected chi connectivity index (χ1v) is 6.13. The van der Waals surface area contributed by atoms with E-state index in [0.29, 0.717) is 5.76 Å². The summed E-state index contributed by atoms with van der Waals surface area (Å²) in [6.07, 6.45) is 1.94. The summed E-state index contributed by atoms with van der Waals surface area (Å²) in [5, 5.41) is 0. The molecule has 18 heavy (non-hydrogen) atoms. The molecule has 96 valence electrons. The van der Waals surface area contributed by atoms with Crippen molar-refractivity contribution in [3.63, 3.8) is 0 Å². The molecule has 4 nitrogen and oxygen atoms in total. The second-order valence-electron chi connectivity index (χ2n) is 5.04. The SMILES string of the molecule is CC(C)C(=O)C1C(=O)CC(c2ccco2)CC1=O. The fraction of sp³-hybridized carbons (Fsp3) is 0.500. The van der Waals surface area contributed by atoms with Crippen LogP contribution in [0.1, 0.15) is 38.4 Å². The van der Waals surface area contributed by atoms with Crippen molar-refractivity contribution in [2.24, 2.45) is 11.8 Å². The van der Waals surface area contributed by atoms with Crippen molar-refractivity contribution in [2.45, 2.75) is 32.6 Å². The third kappa shape index (κ3) is 2.28. The lowest BCUT2D eigenvalue weighted by atomic mass is 9.75. The van der Waals surface area contributed by atoms with E-state index in [9.17, 15) is 14.4 Å². The third-order valence-electron chi connectivity index (χ3n) is 3.34. The van der Waals surface area contributed by atoms with E-state index in [1.165, 1.54) is 6.26 Å². The molecule has 1 heterocycles. The minimum Gasteiger partial charge on any atom is -0.469 e. The molecule has 0 N–H and O–H groups in total. The van der Waals surface area contributed by atoms with Crippen molar-refractivity contribution in [1.29, 1.82) is 0 Å². The van der Waals surface area contributed by atoms with Gasteiger partial charge in [0, 0.05) is 24.7 Å². The van der Waals surface area contributed by atoms with Crippen LogP contribution < -0.4 is 0 Å². The maximum atomic E-state index is 12.0. The summed E-state index contributed by atoms with van der Waals surface area (Å²) < 4.78 is 5.22. The van der Waals surface area contributed by atoms with Gasteiger partial charge in [0.2, 0.25) is 0 Å². The molecule has 0 bridgehead atoms. The number of rotatable bonds is 3. The summed E-state index contributed by atoms with van der Waals surface area (Å²) in [6, 6.07) is 3.49. The Balaban J connectivity index is 2.16. The van der Waals surface area contributed by atoms with Gasteiger partial charge >= 0.3 is 0 Å². The standard InChI is InChI=1S/C14H16O4/c1-8(2)14(17)13-10(15)6-9(7-11(13)16)12-4-3-5-18-12/h3-5,8-9,13H,6-7H2,1-2H3. The minimum absolute atomic E-state index is 0.211. The highest BCUT2D eigenvalue weighted by atomic mass is 16.3. The number of ketones is 3. The zero-order valence-corrected chi connectivity index (χ0v) is 10.5. The van der Waals surface area contributed by atoms with E-state index in [2.05, 4.69) is 0 Å². The molecule has 4 heteroatoms. The van der Waals surface area contributed by atoms with Gasteiger partial charge in [-0.25, -0.2) is 0 Å². The first kappa shape index (κ1) is 12.7. The monoisotopic (exact) mass is 248 g/mol. The number of Topliss-reactive ketones (excluding diaryl/α,β-unsaturated/α-hetero) is 3. The van der Waals surface area contributed by atoms with Gasteiger partial charge in [-0.15, -0.1) is 0 Å². The van der Waals surface area contributed by atoms with Crippen LogP contribution in [-0.4, -0.2) is 17.3 Å². The molecule has 1 aromatic heterocycles. The van der Waals surface area contributed by atoms with E-state index in [1.807, 2.05) is 0 Å². The highest BCUT2D eigenvalue weighted by Crippen LogP contribution is 2.33. The molecule has 0 saturated heterocycles. The Bertz CT molecular complexity index is 452. The number of carbonyl (C=O) groups excluding carboxylic acids is 3. The van der Waals surface area contributed by atoms with Crippen molar-refractivity contribution in [1.82, 2.24) is 0 Å². The van der Waals surface area contributed by atoms with Crippen LogP contribution in [-0.2, 0) is 14.4 Å². The largest absolute Gasteiger partial charge is 0.469 e. The predicted octanol–water partition coefficient (Wildman–Crippen LogP) is 2.14. The lowest BCUT2D eigenvalue weighted by molar-refractivity contribution is -0.144. The van der Waals surface area contributed by atoms with Gasteiger partial charge in [0.05, 0.1) is 6.26 Å². The van der Waals surface area contributed by atoms with Crippen molar-refractivity contribution in [3.05, 3.63) is 24.2 Å². The molecule has 0 unspecified atom stereocenters. The van der Waals surface area contributed by atoms with Gasteiger partial charge in [-0.2, -0.15) is 0 Å². The van der Waals surface area contributed by atoms with Gasteiger partial charge in [-0.3, -0.25) is 14.4 Å². The number of furan rings is 1. The molecule has 1 aromatic rings. The van der Waals surface area contributed by atoms with Crippen LogP contribution in [0.3, 0.4) is 0 Å². The van der Waals surface area contributed by atoms with Crippen molar-refractivity contribution >= 4 is 17.3 Å². The maximum absolute atomic E-state index is 12.0. The quantitative estimate of drug-likeness (QED) is 0.769. The Hall–Kier alpha value is -1.71. The number of hydrogen-bond donors (Lipinski definition) is 0. The summed E-state index contributed by atoms with van der Waals surface area (Å²) in [4.78, 5) is 35.8. The highest BCUT2D eigenvalue weighted by Gasteiger charge is 2.41. The smallest absolute Gasteiger partial charge is 0.153 e. The van der Waals surface area contributed by atoms with Crippen LogP contribution in [0.2, 0.25) is 0 Å². The number of carbonyl (C=O) groups is 3. The minimum atomic E-state index is -1.05. The van der Waals surface area contributed by atoms with Gasteiger partial charge in [0.25, 0.3) is 0 Å². The van der Waals surface area contributed by atoms with E-state index in [1.54, 1.807) is 26.0 Å². The molecule has 1 aliphatic rings.